The number of para-hydroxylation sites is 1. The molecule has 166 valence electrons. The standard InChI is InChI=1S/C32H22N2S/c1-32(2)24-15-14-22-21-10-5-6-12-27(21)34(28-13-7-11-26-31(28)35-18-33-26)30(22)29(24)23-16-19-8-3-4-9-20(19)17-25(23)32/h3-18H,1-2H3. The largest absolute Gasteiger partial charge is 0.307 e. The second-order valence-corrected chi connectivity index (χ2v) is 10.9. The molecule has 0 unspecified atom stereocenters. The molecule has 0 amide bonds. The first kappa shape index (κ1) is 19.4. The minimum Gasteiger partial charge on any atom is -0.307 e. The van der Waals surface area contributed by atoms with E-state index in [1.165, 1.54) is 65.2 Å². The molecule has 35 heavy (non-hydrogen) atoms. The summed E-state index contributed by atoms with van der Waals surface area (Å²) in [6.45, 7) is 4.74. The number of aromatic nitrogens is 2. The molecule has 2 nitrogen and oxygen atoms in total. The number of fused-ring (bicyclic) bond motifs is 9. The molecule has 0 radical (unpaired) electrons. The van der Waals surface area contributed by atoms with Crippen LogP contribution in [-0.4, -0.2) is 9.55 Å². The first-order valence-electron chi connectivity index (χ1n) is 12.1. The van der Waals surface area contributed by atoms with Crippen LogP contribution in [0.15, 0.2) is 96.5 Å². The van der Waals surface area contributed by atoms with E-state index in [-0.39, 0.29) is 5.41 Å². The summed E-state index contributed by atoms with van der Waals surface area (Å²) in [5, 5.41) is 5.19. The highest BCUT2D eigenvalue weighted by atomic mass is 32.1. The van der Waals surface area contributed by atoms with Crippen LogP contribution in [0, 0.1) is 0 Å². The van der Waals surface area contributed by atoms with Crippen molar-refractivity contribution in [3.63, 3.8) is 0 Å². The Morgan fingerprint density at radius 2 is 1.54 bits per heavy atom. The summed E-state index contributed by atoms with van der Waals surface area (Å²) in [5.41, 5.74) is 12.2. The molecule has 5 aromatic carbocycles. The van der Waals surface area contributed by atoms with E-state index in [0.29, 0.717) is 0 Å². The van der Waals surface area contributed by atoms with E-state index in [9.17, 15) is 0 Å². The maximum atomic E-state index is 4.62. The van der Waals surface area contributed by atoms with Crippen LogP contribution in [0.25, 0.3) is 59.6 Å². The van der Waals surface area contributed by atoms with Crippen molar-refractivity contribution in [1.29, 1.82) is 0 Å². The third kappa shape index (κ3) is 2.41. The summed E-state index contributed by atoms with van der Waals surface area (Å²) in [7, 11) is 0. The van der Waals surface area contributed by atoms with E-state index in [1.807, 2.05) is 5.51 Å². The molecule has 0 atom stereocenters. The summed E-state index contributed by atoms with van der Waals surface area (Å²) in [5.74, 6) is 0. The van der Waals surface area contributed by atoms with Gasteiger partial charge in [-0.15, -0.1) is 11.3 Å². The van der Waals surface area contributed by atoms with E-state index < -0.39 is 0 Å². The topological polar surface area (TPSA) is 17.8 Å². The fraction of sp³-hybridized carbons (Fsp3) is 0.0938. The van der Waals surface area contributed by atoms with E-state index in [2.05, 4.69) is 114 Å². The lowest BCUT2D eigenvalue weighted by Gasteiger charge is -2.22. The van der Waals surface area contributed by atoms with Crippen LogP contribution >= 0.6 is 11.3 Å². The summed E-state index contributed by atoms with van der Waals surface area (Å²) in [6, 6.07) is 33.6. The Morgan fingerprint density at radius 1 is 0.743 bits per heavy atom. The first-order valence-corrected chi connectivity index (χ1v) is 12.9. The highest BCUT2D eigenvalue weighted by Crippen LogP contribution is 2.54. The molecular formula is C32H22N2S. The van der Waals surface area contributed by atoms with E-state index in [0.717, 1.165) is 5.52 Å². The van der Waals surface area contributed by atoms with E-state index >= 15 is 0 Å². The molecule has 3 heteroatoms. The average molecular weight is 467 g/mol. The van der Waals surface area contributed by atoms with E-state index in [1.54, 1.807) is 11.3 Å². The van der Waals surface area contributed by atoms with Gasteiger partial charge in [0.05, 0.1) is 32.4 Å². The molecule has 7 aromatic rings. The second kappa shape index (κ2) is 6.59. The molecule has 0 bridgehead atoms. The van der Waals surface area contributed by atoms with Crippen molar-refractivity contribution < 1.29 is 0 Å². The number of nitrogens with zero attached hydrogens (tertiary/aromatic N) is 2. The normalized spacial score (nSPS) is 14.2. The van der Waals surface area contributed by atoms with E-state index in [4.69, 9.17) is 0 Å². The van der Waals surface area contributed by atoms with Crippen molar-refractivity contribution in [3.8, 4) is 16.8 Å². The molecule has 8 rings (SSSR count). The zero-order valence-electron chi connectivity index (χ0n) is 19.5. The predicted octanol–water partition coefficient (Wildman–Crippen LogP) is 8.85. The molecule has 1 aliphatic carbocycles. The van der Waals surface area contributed by atoms with Gasteiger partial charge in [-0.2, -0.15) is 0 Å². The number of hydrogen-bond donors (Lipinski definition) is 0. The molecule has 1 aliphatic rings. The molecule has 0 fully saturated rings. The highest BCUT2D eigenvalue weighted by Gasteiger charge is 2.38. The Labute approximate surface area is 207 Å². The molecule has 0 saturated heterocycles. The van der Waals surface area contributed by atoms with Crippen molar-refractivity contribution >= 4 is 54.1 Å². The zero-order chi connectivity index (χ0) is 23.3. The lowest BCUT2D eigenvalue weighted by atomic mass is 9.82. The number of hydrogen-bond acceptors (Lipinski definition) is 2. The predicted molar refractivity (Wildman–Crippen MR) is 149 cm³/mol. The zero-order valence-corrected chi connectivity index (χ0v) is 20.4. The fourth-order valence-electron chi connectivity index (χ4n) is 6.26. The number of benzene rings is 5. The molecule has 2 aromatic heterocycles. The van der Waals surface area contributed by atoms with Gasteiger partial charge in [0.15, 0.2) is 0 Å². The van der Waals surface area contributed by atoms with Gasteiger partial charge < -0.3 is 4.57 Å². The van der Waals surface area contributed by atoms with Crippen LogP contribution in [0.3, 0.4) is 0 Å². The summed E-state index contributed by atoms with van der Waals surface area (Å²) < 4.78 is 3.72. The summed E-state index contributed by atoms with van der Waals surface area (Å²) in [6.07, 6.45) is 0. The Kier molecular flexibility index (Phi) is 3.64. The monoisotopic (exact) mass is 466 g/mol. The fourth-order valence-corrected chi connectivity index (χ4v) is 7.05. The maximum Gasteiger partial charge on any atom is 0.0833 e. The van der Waals surface area contributed by atoms with Gasteiger partial charge in [-0.1, -0.05) is 74.5 Å². The van der Waals surface area contributed by atoms with Gasteiger partial charge in [0.1, 0.15) is 0 Å². The third-order valence-electron chi connectivity index (χ3n) is 7.92. The molecule has 0 spiro atoms. The Balaban J connectivity index is 1.62. The van der Waals surface area contributed by atoms with Gasteiger partial charge in [-0.05, 0) is 57.8 Å². The molecular weight excluding hydrogens is 444 g/mol. The van der Waals surface area contributed by atoms with Gasteiger partial charge in [-0.25, -0.2) is 4.98 Å². The smallest absolute Gasteiger partial charge is 0.0833 e. The van der Waals surface area contributed by atoms with Gasteiger partial charge in [0.2, 0.25) is 0 Å². The Hall–Kier alpha value is -3.95. The van der Waals surface area contributed by atoms with Gasteiger partial charge in [0, 0.05) is 21.8 Å². The third-order valence-corrected chi connectivity index (χ3v) is 8.78. The van der Waals surface area contributed by atoms with Gasteiger partial charge in [0.25, 0.3) is 0 Å². The minimum absolute atomic E-state index is 0.0688. The van der Waals surface area contributed by atoms with Crippen molar-refractivity contribution in [3.05, 3.63) is 108 Å². The van der Waals surface area contributed by atoms with Crippen LogP contribution in [0.4, 0.5) is 0 Å². The molecule has 0 aliphatic heterocycles. The second-order valence-electron chi connectivity index (χ2n) is 10.1. The van der Waals surface area contributed by atoms with Crippen molar-refractivity contribution in [2.75, 3.05) is 0 Å². The molecule has 2 heterocycles. The Morgan fingerprint density at radius 3 is 2.43 bits per heavy atom. The molecule has 0 N–H and O–H groups in total. The van der Waals surface area contributed by atoms with Crippen LogP contribution in [-0.2, 0) is 5.41 Å². The average Bonchev–Trinajstić information content (AvgIpc) is 3.55. The minimum atomic E-state index is -0.0688. The Bertz CT molecular complexity index is 1990. The van der Waals surface area contributed by atoms with Crippen molar-refractivity contribution in [2.45, 2.75) is 19.3 Å². The van der Waals surface area contributed by atoms with Crippen molar-refractivity contribution in [2.24, 2.45) is 0 Å². The molecule has 0 saturated carbocycles. The highest BCUT2D eigenvalue weighted by molar-refractivity contribution is 7.17. The van der Waals surface area contributed by atoms with Crippen LogP contribution in [0.2, 0.25) is 0 Å². The number of rotatable bonds is 1. The lowest BCUT2D eigenvalue weighted by molar-refractivity contribution is 0.661. The quantitative estimate of drug-likeness (QED) is 0.236. The van der Waals surface area contributed by atoms with Gasteiger partial charge in [-0.3, -0.25) is 0 Å². The lowest BCUT2D eigenvalue weighted by Crippen LogP contribution is -2.14. The van der Waals surface area contributed by atoms with Gasteiger partial charge >= 0.3 is 0 Å². The summed E-state index contributed by atoms with van der Waals surface area (Å²) >= 11 is 1.72. The maximum absolute atomic E-state index is 4.62. The first-order chi connectivity index (χ1) is 17.1. The van der Waals surface area contributed by atoms with Crippen LogP contribution < -0.4 is 0 Å². The van der Waals surface area contributed by atoms with Crippen LogP contribution in [0.5, 0.6) is 0 Å². The van der Waals surface area contributed by atoms with Crippen molar-refractivity contribution in [1.82, 2.24) is 9.55 Å². The SMILES string of the molecule is CC1(C)c2cc3ccccc3cc2-c2c1ccc1c3ccccc3n(-c3cccc4ncsc34)c21. The summed E-state index contributed by atoms with van der Waals surface area (Å²) in [4.78, 5) is 4.62. The van der Waals surface area contributed by atoms with Crippen LogP contribution in [0.1, 0.15) is 25.0 Å². The number of thiazole rings is 1.